The first-order chi connectivity index (χ1) is 13.0. The first-order valence-corrected chi connectivity index (χ1v) is 10.8. The van der Waals surface area contributed by atoms with Crippen LogP contribution in [0.2, 0.25) is 0 Å². The molecule has 3 aliphatic heterocycles. The second kappa shape index (κ2) is 6.40. The van der Waals surface area contributed by atoms with Crippen LogP contribution in [0.5, 0.6) is 0 Å². The number of thioether (sulfide) groups is 1. The summed E-state index contributed by atoms with van der Waals surface area (Å²) in [4.78, 5) is 27.6. The van der Waals surface area contributed by atoms with Gasteiger partial charge in [0.05, 0.1) is 17.9 Å². The van der Waals surface area contributed by atoms with Gasteiger partial charge in [-0.05, 0) is 37.5 Å². The molecule has 5 nitrogen and oxygen atoms in total. The molecule has 0 unspecified atom stereocenters. The van der Waals surface area contributed by atoms with Gasteiger partial charge in [-0.1, -0.05) is 0 Å². The minimum Gasteiger partial charge on any atom is -0.444 e. The number of carbonyl (C=O) groups excluding carboxylic acids is 2. The molecular formula is C20H23FN2O3S. The standard InChI is InChI=1S/C20H23FN2O3S/c21-16-7-14(3-5-17(16)22-9-20(10-22)11-27-12-20)23-8-15(26-19(23)25)4-6-18(24)13-1-2-13/h3,5,7,13,15H,1-2,4,6,8-12H2/t15-/m0/s1. The Morgan fingerprint density at radius 2 is 2.07 bits per heavy atom. The third-order valence-electron chi connectivity index (χ3n) is 6.07. The summed E-state index contributed by atoms with van der Waals surface area (Å²) in [6.45, 7) is 2.21. The van der Waals surface area contributed by atoms with Gasteiger partial charge in [-0.2, -0.15) is 11.8 Å². The molecule has 4 fully saturated rings. The van der Waals surface area contributed by atoms with Crippen LogP contribution in [0.1, 0.15) is 25.7 Å². The van der Waals surface area contributed by atoms with Gasteiger partial charge in [0.2, 0.25) is 0 Å². The van der Waals surface area contributed by atoms with Crippen LogP contribution in [0.3, 0.4) is 0 Å². The first-order valence-electron chi connectivity index (χ1n) is 9.66. The molecule has 3 heterocycles. The van der Waals surface area contributed by atoms with E-state index in [1.165, 1.54) is 22.5 Å². The lowest BCUT2D eigenvalue weighted by molar-refractivity contribution is -0.120. The maximum absolute atomic E-state index is 14.7. The highest BCUT2D eigenvalue weighted by Gasteiger charge is 2.48. The molecule has 0 N–H and O–H groups in total. The van der Waals surface area contributed by atoms with Crippen LogP contribution in [0, 0.1) is 17.2 Å². The molecule has 1 amide bonds. The van der Waals surface area contributed by atoms with Gasteiger partial charge in [0.15, 0.2) is 0 Å². The van der Waals surface area contributed by atoms with E-state index < -0.39 is 6.09 Å². The maximum Gasteiger partial charge on any atom is 0.414 e. The predicted octanol–water partition coefficient (Wildman–Crippen LogP) is 3.46. The van der Waals surface area contributed by atoms with Crippen LogP contribution in [0.25, 0.3) is 0 Å². The number of halogens is 1. The van der Waals surface area contributed by atoms with E-state index in [4.69, 9.17) is 4.74 Å². The second-order valence-electron chi connectivity index (χ2n) is 8.38. The quantitative estimate of drug-likeness (QED) is 0.745. The number of rotatable bonds is 6. The van der Waals surface area contributed by atoms with Crippen molar-refractivity contribution >= 4 is 35.0 Å². The third-order valence-corrected chi connectivity index (χ3v) is 7.71. The van der Waals surface area contributed by atoms with Crippen molar-refractivity contribution in [3.63, 3.8) is 0 Å². The molecule has 5 rings (SSSR count). The van der Waals surface area contributed by atoms with Gasteiger partial charge >= 0.3 is 6.09 Å². The SMILES string of the molecule is O=C(CC[C@H]1CN(c2ccc(N3CC4(CSC4)C3)c(F)c2)C(=O)O1)C1CC1. The van der Waals surface area contributed by atoms with Crippen LogP contribution in [0.4, 0.5) is 20.6 Å². The lowest BCUT2D eigenvalue weighted by Gasteiger charge is -2.56. The summed E-state index contributed by atoms with van der Waals surface area (Å²) < 4.78 is 20.0. The highest BCUT2D eigenvalue weighted by molar-refractivity contribution is 8.00. The van der Waals surface area contributed by atoms with Gasteiger partial charge in [-0.25, -0.2) is 9.18 Å². The molecule has 1 saturated carbocycles. The highest BCUT2D eigenvalue weighted by atomic mass is 32.2. The third kappa shape index (κ3) is 3.20. The molecule has 1 spiro atoms. The monoisotopic (exact) mass is 390 g/mol. The van der Waals surface area contributed by atoms with Crippen molar-refractivity contribution < 1.29 is 18.7 Å². The average Bonchev–Trinajstić information content (AvgIpc) is 3.35. The number of hydrogen-bond donors (Lipinski definition) is 0. The van der Waals surface area contributed by atoms with E-state index in [1.807, 2.05) is 11.8 Å². The normalized spacial score (nSPS) is 26.0. The van der Waals surface area contributed by atoms with Crippen molar-refractivity contribution in [2.75, 3.05) is 40.9 Å². The van der Waals surface area contributed by atoms with Crippen LogP contribution in [-0.2, 0) is 9.53 Å². The van der Waals surface area contributed by atoms with E-state index in [0.717, 1.165) is 25.9 Å². The van der Waals surface area contributed by atoms with Crippen molar-refractivity contribution in [2.45, 2.75) is 31.8 Å². The Balaban J connectivity index is 1.21. The summed E-state index contributed by atoms with van der Waals surface area (Å²) in [6.07, 6.45) is 2.25. The van der Waals surface area contributed by atoms with E-state index in [9.17, 15) is 14.0 Å². The Hall–Kier alpha value is -1.76. The summed E-state index contributed by atoms with van der Waals surface area (Å²) in [5.41, 5.74) is 1.53. The van der Waals surface area contributed by atoms with Gasteiger partial charge in [-0.3, -0.25) is 9.69 Å². The van der Waals surface area contributed by atoms with Crippen LogP contribution in [0.15, 0.2) is 18.2 Å². The molecule has 0 radical (unpaired) electrons. The Kier molecular flexibility index (Phi) is 4.11. The van der Waals surface area contributed by atoms with E-state index in [2.05, 4.69) is 4.90 Å². The van der Waals surface area contributed by atoms with E-state index in [-0.39, 0.29) is 23.6 Å². The molecule has 1 aromatic rings. The highest BCUT2D eigenvalue weighted by Crippen LogP contribution is 2.47. The summed E-state index contributed by atoms with van der Waals surface area (Å²) in [6, 6.07) is 4.98. The fourth-order valence-corrected chi connectivity index (χ4v) is 5.37. The zero-order chi connectivity index (χ0) is 18.6. The number of cyclic esters (lactones) is 1. The summed E-state index contributed by atoms with van der Waals surface area (Å²) >= 11 is 1.95. The van der Waals surface area contributed by atoms with Crippen LogP contribution < -0.4 is 9.80 Å². The Morgan fingerprint density at radius 3 is 2.70 bits per heavy atom. The zero-order valence-electron chi connectivity index (χ0n) is 15.2. The van der Waals surface area contributed by atoms with Crippen LogP contribution in [-0.4, -0.2) is 49.1 Å². The molecule has 144 valence electrons. The van der Waals surface area contributed by atoms with Gasteiger partial charge in [0.25, 0.3) is 0 Å². The largest absolute Gasteiger partial charge is 0.444 e. The Morgan fingerprint density at radius 1 is 1.30 bits per heavy atom. The molecule has 27 heavy (non-hydrogen) atoms. The number of hydrogen-bond acceptors (Lipinski definition) is 5. The topological polar surface area (TPSA) is 49.9 Å². The van der Waals surface area contributed by atoms with Crippen molar-refractivity contribution in [1.29, 1.82) is 0 Å². The fraction of sp³-hybridized carbons (Fsp3) is 0.600. The molecule has 0 aromatic heterocycles. The average molecular weight is 390 g/mol. The lowest BCUT2D eigenvalue weighted by Crippen LogP contribution is -2.63. The first kappa shape index (κ1) is 17.3. The van der Waals surface area contributed by atoms with E-state index in [1.54, 1.807) is 12.1 Å². The number of amides is 1. The molecular weight excluding hydrogens is 367 g/mol. The van der Waals surface area contributed by atoms with Crippen LogP contribution >= 0.6 is 11.8 Å². The van der Waals surface area contributed by atoms with E-state index >= 15 is 0 Å². The van der Waals surface area contributed by atoms with Crippen molar-refractivity contribution in [3.05, 3.63) is 24.0 Å². The Labute approximate surface area is 162 Å². The van der Waals surface area contributed by atoms with Crippen molar-refractivity contribution in [3.8, 4) is 0 Å². The molecule has 0 bridgehead atoms. The number of anilines is 2. The van der Waals surface area contributed by atoms with E-state index in [0.29, 0.717) is 36.2 Å². The summed E-state index contributed by atoms with van der Waals surface area (Å²) in [7, 11) is 0. The zero-order valence-corrected chi connectivity index (χ0v) is 16.0. The van der Waals surface area contributed by atoms with Crippen molar-refractivity contribution in [1.82, 2.24) is 0 Å². The van der Waals surface area contributed by atoms with Gasteiger partial charge in [-0.15, -0.1) is 0 Å². The molecule has 3 saturated heterocycles. The molecule has 1 atom stereocenters. The molecule has 1 aromatic carbocycles. The second-order valence-corrected chi connectivity index (χ2v) is 9.37. The van der Waals surface area contributed by atoms with Crippen molar-refractivity contribution in [2.24, 2.45) is 11.3 Å². The summed E-state index contributed by atoms with van der Waals surface area (Å²) in [5.74, 6) is 2.56. The number of ether oxygens (including phenoxy) is 1. The van der Waals surface area contributed by atoms with Gasteiger partial charge in [0, 0.05) is 42.3 Å². The molecule has 1 aliphatic carbocycles. The minimum absolute atomic E-state index is 0.235. The van der Waals surface area contributed by atoms with Gasteiger partial charge < -0.3 is 9.64 Å². The maximum atomic E-state index is 14.7. The number of nitrogens with zero attached hydrogens (tertiary/aromatic N) is 2. The summed E-state index contributed by atoms with van der Waals surface area (Å²) in [5, 5.41) is 0. The smallest absolute Gasteiger partial charge is 0.414 e. The number of ketones is 1. The number of carbonyl (C=O) groups is 2. The number of Topliss-reactive ketones (excluding diaryl/α,β-unsaturated/α-hetero) is 1. The minimum atomic E-state index is -0.458. The molecule has 4 aliphatic rings. The fourth-order valence-electron chi connectivity index (χ4n) is 4.22. The Bertz CT molecular complexity index is 785. The number of benzene rings is 1. The van der Waals surface area contributed by atoms with Gasteiger partial charge in [0.1, 0.15) is 17.7 Å². The predicted molar refractivity (Wildman–Crippen MR) is 103 cm³/mol. The molecule has 7 heteroatoms. The lowest BCUT2D eigenvalue weighted by atomic mass is 9.82.